The van der Waals surface area contributed by atoms with Crippen LogP contribution in [0.25, 0.3) is 16.6 Å². The minimum absolute atomic E-state index is 0.0588. The van der Waals surface area contributed by atoms with Crippen molar-refractivity contribution in [2.45, 2.75) is 19.4 Å². The predicted molar refractivity (Wildman–Crippen MR) is 117 cm³/mol. The lowest BCUT2D eigenvalue weighted by Gasteiger charge is -2.22. The number of nitrogens with two attached hydrogens (primary N) is 1. The maximum absolute atomic E-state index is 14.4. The number of hydrogen-bond donors (Lipinski definition) is 3. The summed E-state index contributed by atoms with van der Waals surface area (Å²) in [6, 6.07) is 12.9. The molecule has 0 radical (unpaired) electrons. The monoisotopic (exact) mass is 491 g/mol. The van der Waals surface area contributed by atoms with Gasteiger partial charge in [0.05, 0.1) is 20.8 Å². The van der Waals surface area contributed by atoms with Crippen molar-refractivity contribution in [2.75, 3.05) is 0 Å². The predicted octanol–water partition coefficient (Wildman–Crippen LogP) is 3.78. The van der Waals surface area contributed by atoms with Crippen LogP contribution in [0.4, 0.5) is 4.39 Å². The van der Waals surface area contributed by atoms with E-state index in [2.05, 4.69) is 10.3 Å². The first-order chi connectivity index (χ1) is 13.5. The van der Waals surface area contributed by atoms with Crippen molar-refractivity contribution in [3.8, 4) is 5.69 Å². The second-order valence-electron chi connectivity index (χ2n) is 6.07. The summed E-state index contributed by atoms with van der Waals surface area (Å²) in [6.07, 6.45) is 1.88. The quantitative estimate of drug-likeness (QED) is 0.288. The van der Waals surface area contributed by atoms with E-state index in [-0.39, 0.29) is 16.7 Å². The van der Waals surface area contributed by atoms with Crippen LogP contribution < -0.4 is 16.6 Å². The highest BCUT2D eigenvalue weighted by atomic mass is 127. The SMILES string of the molecule is CCC(NC(=N)/C(I)=C\N)c1nc2cccc(F)c2c(=O)n1-c1ccccc1. The van der Waals surface area contributed by atoms with Crippen LogP contribution in [0.1, 0.15) is 25.2 Å². The van der Waals surface area contributed by atoms with Crippen molar-refractivity contribution < 1.29 is 4.39 Å². The standard InChI is InChI=1S/C20H19FIN5O/c1-2-15(25-18(24)14(22)11-23)19-26-16-10-6-9-13(21)17(16)20(28)27(19)12-7-4-3-5-8-12/h3-11,15H,2,23H2,1H3,(H2,24,25)/b14-11+. The Morgan fingerprint density at radius 3 is 2.68 bits per heavy atom. The van der Waals surface area contributed by atoms with Gasteiger partial charge in [0.15, 0.2) is 0 Å². The molecule has 1 heterocycles. The smallest absolute Gasteiger partial charge is 0.269 e. The molecule has 0 spiro atoms. The summed E-state index contributed by atoms with van der Waals surface area (Å²) < 4.78 is 16.3. The Kier molecular flexibility index (Phi) is 6.08. The van der Waals surface area contributed by atoms with Crippen LogP contribution in [0.15, 0.2) is 63.1 Å². The molecular formula is C20H19FIN5O. The zero-order valence-electron chi connectivity index (χ0n) is 15.1. The second-order valence-corrected chi connectivity index (χ2v) is 7.24. The number of aromatic nitrogens is 2. The lowest BCUT2D eigenvalue weighted by Crippen LogP contribution is -2.34. The second kappa shape index (κ2) is 8.51. The molecule has 0 aliphatic heterocycles. The van der Waals surface area contributed by atoms with E-state index in [0.29, 0.717) is 21.5 Å². The minimum atomic E-state index is -0.611. The van der Waals surface area contributed by atoms with Crippen molar-refractivity contribution in [2.24, 2.45) is 5.73 Å². The molecule has 6 nitrogen and oxygen atoms in total. The van der Waals surface area contributed by atoms with Gasteiger partial charge in [-0.3, -0.25) is 14.8 Å². The lowest BCUT2D eigenvalue weighted by molar-refractivity contribution is 0.565. The van der Waals surface area contributed by atoms with Gasteiger partial charge < -0.3 is 11.1 Å². The third-order valence-corrected chi connectivity index (χ3v) is 5.21. The number of nitrogens with zero attached hydrogens (tertiary/aromatic N) is 2. The number of benzene rings is 2. The molecule has 0 saturated heterocycles. The van der Waals surface area contributed by atoms with E-state index in [4.69, 9.17) is 11.1 Å². The van der Waals surface area contributed by atoms with E-state index in [0.717, 1.165) is 0 Å². The molecule has 1 unspecified atom stereocenters. The van der Waals surface area contributed by atoms with Crippen LogP contribution >= 0.6 is 22.6 Å². The average molecular weight is 491 g/mol. The van der Waals surface area contributed by atoms with Gasteiger partial charge in [0.1, 0.15) is 22.9 Å². The Morgan fingerprint density at radius 2 is 2.04 bits per heavy atom. The molecule has 0 saturated carbocycles. The van der Waals surface area contributed by atoms with E-state index in [9.17, 15) is 9.18 Å². The van der Waals surface area contributed by atoms with Crippen LogP contribution in [0.3, 0.4) is 0 Å². The van der Waals surface area contributed by atoms with Gasteiger partial charge in [0.25, 0.3) is 5.56 Å². The molecule has 144 valence electrons. The molecule has 1 aromatic heterocycles. The number of hydrogen-bond acceptors (Lipinski definition) is 4. The van der Waals surface area contributed by atoms with Crippen molar-refractivity contribution in [1.82, 2.24) is 14.9 Å². The largest absolute Gasteiger partial charge is 0.404 e. The molecule has 0 aliphatic rings. The third kappa shape index (κ3) is 3.77. The Labute approximate surface area is 174 Å². The van der Waals surface area contributed by atoms with Gasteiger partial charge in [-0.1, -0.05) is 31.2 Å². The molecular weight excluding hydrogens is 472 g/mol. The number of rotatable bonds is 5. The summed E-state index contributed by atoms with van der Waals surface area (Å²) in [4.78, 5) is 17.8. The highest BCUT2D eigenvalue weighted by molar-refractivity contribution is 14.1. The Bertz CT molecular complexity index is 1110. The summed E-state index contributed by atoms with van der Waals surface area (Å²) in [7, 11) is 0. The molecule has 28 heavy (non-hydrogen) atoms. The van der Waals surface area contributed by atoms with Gasteiger partial charge in [-0.2, -0.15) is 0 Å². The van der Waals surface area contributed by atoms with Crippen LogP contribution in [0, 0.1) is 11.2 Å². The maximum Gasteiger partial charge on any atom is 0.269 e. The van der Waals surface area contributed by atoms with Crippen molar-refractivity contribution in [3.63, 3.8) is 0 Å². The third-order valence-electron chi connectivity index (χ3n) is 4.31. The molecule has 0 amide bonds. The molecule has 0 aliphatic carbocycles. The molecule has 0 bridgehead atoms. The first-order valence-electron chi connectivity index (χ1n) is 8.67. The Hall–Kier alpha value is -2.75. The number of halogens is 2. The summed E-state index contributed by atoms with van der Waals surface area (Å²) in [5.41, 5.74) is 5.88. The van der Waals surface area contributed by atoms with E-state index >= 15 is 0 Å². The summed E-state index contributed by atoms with van der Waals surface area (Å²) in [6.45, 7) is 1.92. The Balaban J connectivity index is 2.28. The number of nitrogens with one attached hydrogen (secondary N) is 2. The van der Waals surface area contributed by atoms with Crippen LogP contribution in [0.5, 0.6) is 0 Å². The molecule has 1 atom stereocenters. The topological polar surface area (TPSA) is 96.8 Å². The Morgan fingerprint density at radius 1 is 1.32 bits per heavy atom. The van der Waals surface area contributed by atoms with E-state index < -0.39 is 17.4 Å². The van der Waals surface area contributed by atoms with Gasteiger partial charge in [-0.05, 0) is 53.3 Å². The van der Waals surface area contributed by atoms with Gasteiger partial charge in [0.2, 0.25) is 0 Å². The number of amidine groups is 1. The van der Waals surface area contributed by atoms with Crippen molar-refractivity contribution in [3.05, 3.63) is 80.3 Å². The lowest BCUT2D eigenvalue weighted by atomic mass is 10.1. The van der Waals surface area contributed by atoms with E-state index in [1.807, 2.05) is 35.6 Å². The number of fused-ring (bicyclic) bond motifs is 1. The van der Waals surface area contributed by atoms with E-state index in [1.54, 1.807) is 30.3 Å². The van der Waals surface area contributed by atoms with Crippen LogP contribution in [-0.4, -0.2) is 15.4 Å². The summed E-state index contributed by atoms with van der Waals surface area (Å²) in [5.74, 6) is -0.0773. The highest BCUT2D eigenvalue weighted by Crippen LogP contribution is 2.22. The molecule has 8 heteroatoms. The first kappa shape index (κ1) is 20.0. The van der Waals surface area contributed by atoms with Crippen molar-refractivity contribution >= 4 is 39.3 Å². The molecule has 3 rings (SSSR count). The minimum Gasteiger partial charge on any atom is -0.404 e. The molecule has 4 N–H and O–H groups in total. The van der Waals surface area contributed by atoms with Gasteiger partial charge in [-0.15, -0.1) is 0 Å². The maximum atomic E-state index is 14.4. The van der Waals surface area contributed by atoms with E-state index in [1.165, 1.54) is 22.9 Å². The summed E-state index contributed by atoms with van der Waals surface area (Å²) >= 11 is 1.96. The van der Waals surface area contributed by atoms with Gasteiger partial charge >= 0.3 is 0 Å². The van der Waals surface area contributed by atoms with Crippen molar-refractivity contribution in [1.29, 1.82) is 5.41 Å². The average Bonchev–Trinajstić information content (AvgIpc) is 2.71. The zero-order valence-corrected chi connectivity index (χ0v) is 17.3. The number of para-hydroxylation sites is 1. The summed E-state index contributed by atoms with van der Waals surface area (Å²) in [5, 5.41) is 11.2. The fourth-order valence-corrected chi connectivity index (χ4v) is 3.10. The van der Waals surface area contributed by atoms with Crippen LogP contribution in [-0.2, 0) is 0 Å². The molecule has 3 aromatic rings. The fraction of sp³-hybridized carbons (Fsp3) is 0.150. The zero-order chi connectivity index (χ0) is 20.3. The highest BCUT2D eigenvalue weighted by Gasteiger charge is 2.22. The molecule has 0 fully saturated rings. The van der Waals surface area contributed by atoms with Crippen LogP contribution in [0.2, 0.25) is 0 Å². The van der Waals surface area contributed by atoms with Gasteiger partial charge in [-0.25, -0.2) is 9.37 Å². The fourth-order valence-electron chi connectivity index (χ4n) is 2.94. The first-order valence-corrected chi connectivity index (χ1v) is 9.75. The van der Waals surface area contributed by atoms with Gasteiger partial charge in [0, 0.05) is 6.20 Å². The normalized spacial score (nSPS) is 12.8. The molecule has 2 aromatic carbocycles.